The summed E-state index contributed by atoms with van der Waals surface area (Å²) in [5.74, 6) is 0.332. The molecule has 41 heavy (non-hydrogen) atoms. The Morgan fingerprint density at radius 3 is 2.59 bits per heavy atom. The van der Waals surface area contributed by atoms with Gasteiger partial charge in [-0.1, -0.05) is 34.4 Å². The molecule has 0 fully saturated rings. The van der Waals surface area contributed by atoms with Gasteiger partial charge in [-0.2, -0.15) is 0 Å². The Morgan fingerprint density at radius 2 is 1.80 bits per heavy atom. The third-order valence-corrected chi connectivity index (χ3v) is 7.69. The van der Waals surface area contributed by atoms with Crippen molar-refractivity contribution in [2.45, 2.75) is 44.6 Å². The number of nitrogens with one attached hydrogen (secondary N) is 1. The highest BCUT2D eigenvalue weighted by Crippen LogP contribution is 2.36. The van der Waals surface area contributed by atoms with Crippen LogP contribution in [0.3, 0.4) is 0 Å². The third-order valence-electron chi connectivity index (χ3n) is 7.20. The highest BCUT2D eigenvalue weighted by Gasteiger charge is 2.39. The van der Waals surface area contributed by atoms with E-state index < -0.39 is 11.6 Å². The van der Waals surface area contributed by atoms with Crippen molar-refractivity contribution in [3.63, 3.8) is 0 Å². The van der Waals surface area contributed by atoms with Crippen molar-refractivity contribution in [1.29, 1.82) is 0 Å². The SMILES string of the molecule is C[C@]1(c2nc3ccc(Cl)cc3[nH]2)CC(c2ccc3c(=O)n(-c4ccc(Cl)cc4)c(CCCCC(=O)O)nc3c2)=NO1. The van der Waals surface area contributed by atoms with Crippen LogP contribution in [-0.4, -0.2) is 36.3 Å². The topological polar surface area (TPSA) is 122 Å². The zero-order valence-corrected chi connectivity index (χ0v) is 23.5. The van der Waals surface area contributed by atoms with Gasteiger partial charge in [-0.25, -0.2) is 9.97 Å². The number of carboxylic acids is 1. The lowest BCUT2D eigenvalue weighted by atomic mass is 9.95. The maximum Gasteiger partial charge on any atom is 0.303 e. The van der Waals surface area contributed by atoms with E-state index in [0.29, 0.717) is 69.7 Å². The molecular formula is C30H25Cl2N5O4. The molecule has 11 heteroatoms. The summed E-state index contributed by atoms with van der Waals surface area (Å²) in [6.45, 7) is 1.92. The number of rotatable bonds is 8. The maximum absolute atomic E-state index is 13.7. The standard InChI is InChI=1S/C30H25Cl2N5O4/c1-30(29-34-22-13-9-19(32)15-24(22)35-29)16-25(36-41-30)17-6-12-21-23(14-17)33-26(4-2-3-5-27(38)39)37(28(21)40)20-10-7-18(31)8-11-20/h6-15H,2-5,16H2,1H3,(H,34,35)(H,38,39)/t30-/m1/s1. The van der Waals surface area contributed by atoms with Gasteiger partial charge in [-0.05, 0) is 74.4 Å². The van der Waals surface area contributed by atoms with Crippen molar-refractivity contribution in [2.24, 2.45) is 5.16 Å². The number of hydrogen-bond acceptors (Lipinski definition) is 6. The van der Waals surface area contributed by atoms with Crippen molar-refractivity contribution in [1.82, 2.24) is 19.5 Å². The number of aliphatic carboxylic acids is 1. The van der Waals surface area contributed by atoms with Crippen LogP contribution in [0.15, 0.2) is 70.6 Å². The Balaban J connectivity index is 1.34. The zero-order valence-electron chi connectivity index (χ0n) is 22.0. The molecule has 2 aromatic heterocycles. The van der Waals surface area contributed by atoms with Crippen molar-refractivity contribution in [3.05, 3.63) is 98.3 Å². The number of nitrogens with zero attached hydrogens (tertiary/aromatic N) is 4. The van der Waals surface area contributed by atoms with Crippen LogP contribution >= 0.6 is 23.2 Å². The molecule has 5 aromatic rings. The Labute approximate surface area is 244 Å². The van der Waals surface area contributed by atoms with Gasteiger partial charge in [0.05, 0.1) is 33.3 Å². The minimum absolute atomic E-state index is 0.0553. The summed E-state index contributed by atoms with van der Waals surface area (Å²) in [5, 5.41) is 15.0. The average Bonchev–Trinajstić information content (AvgIpc) is 3.56. The molecule has 0 saturated carbocycles. The van der Waals surface area contributed by atoms with Gasteiger partial charge in [0.15, 0.2) is 11.4 Å². The Bertz CT molecular complexity index is 1900. The molecular weight excluding hydrogens is 565 g/mol. The summed E-state index contributed by atoms with van der Waals surface area (Å²) in [5.41, 5.74) is 3.24. The van der Waals surface area contributed by atoms with E-state index in [2.05, 4.69) is 15.1 Å². The zero-order chi connectivity index (χ0) is 28.7. The molecule has 3 heterocycles. The van der Waals surface area contributed by atoms with E-state index in [-0.39, 0.29) is 12.0 Å². The van der Waals surface area contributed by atoms with Gasteiger partial charge < -0.3 is 14.9 Å². The van der Waals surface area contributed by atoms with Gasteiger partial charge in [0.25, 0.3) is 5.56 Å². The highest BCUT2D eigenvalue weighted by atomic mass is 35.5. The molecule has 1 aliphatic rings. The average molecular weight is 590 g/mol. The molecule has 6 rings (SSSR count). The first kappa shape index (κ1) is 27.0. The Kier molecular flexibility index (Phi) is 7.01. The van der Waals surface area contributed by atoms with E-state index >= 15 is 0 Å². The first-order valence-electron chi connectivity index (χ1n) is 13.1. The molecule has 9 nitrogen and oxygen atoms in total. The molecule has 2 N–H and O–H groups in total. The lowest BCUT2D eigenvalue weighted by molar-refractivity contribution is -0.137. The molecule has 0 spiro atoms. The lowest BCUT2D eigenvalue weighted by Crippen LogP contribution is -2.25. The number of carbonyl (C=O) groups is 1. The fourth-order valence-electron chi connectivity index (χ4n) is 5.05. The molecule has 0 aliphatic carbocycles. The molecule has 208 valence electrons. The summed E-state index contributed by atoms with van der Waals surface area (Å²) in [7, 11) is 0. The van der Waals surface area contributed by atoms with Crippen LogP contribution < -0.4 is 5.56 Å². The van der Waals surface area contributed by atoms with E-state index in [4.69, 9.17) is 38.1 Å². The monoisotopic (exact) mass is 589 g/mol. The lowest BCUT2D eigenvalue weighted by Gasteiger charge is -2.18. The molecule has 0 radical (unpaired) electrons. The molecule has 1 atom stereocenters. The minimum atomic E-state index is -0.853. The van der Waals surface area contributed by atoms with Gasteiger partial charge in [0, 0.05) is 34.9 Å². The quantitative estimate of drug-likeness (QED) is 0.202. The van der Waals surface area contributed by atoms with Crippen LogP contribution in [0.1, 0.15) is 49.8 Å². The summed E-state index contributed by atoms with van der Waals surface area (Å²) >= 11 is 12.2. The third kappa shape index (κ3) is 5.30. The van der Waals surface area contributed by atoms with Crippen LogP contribution in [-0.2, 0) is 21.7 Å². The fourth-order valence-corrected chi connectivity index (χ4v) is 5.35. The minimum Gasteiger partial charge on any atom is -0.481 e. The van der Waals surface area contributed by atoms with Crippen LogP contribution in [0, 0.1) is 0 Å². The number of fused-ring (bicyclic) bond motifs is 2. The summed E-state index contributed by atoms with van der Waals surface area (Å²) < 4.78 is 1.57. The largest absolute Gasteiger partial charge is 0.481 e. The normalized spacial score (nSPS) is 16.7. The van der Waals surface area contributed by atoms with Crippen molar-refractivity contribution < 1.29 is 14.7 Å². The Morgan fingerprint density at radius 1 is 1.02 bits per heavy atom. The number of aromatic nitrogens is 4. The fraction of sp³-hybridized carbons (Fsp3) is 0.233. The van der Waals surface area contributed by atoms with E-state index in [1.807, 2.05) is 31.2 Å². The molecule has 1 aliphatic heterocycles. The number of imidazole rings is 1. The summed E-state index contributed by atoms with van der Waals surface area (Å²) in [6.07, 6.45) is 1.99. The number of aryl methyl sites for hydroxylation is 1. The van der Waals surface area contributed by atoms with E-state index in [9.17, 15) is 9.59 Å². The number of unbranched alkanes of at least 4 members (excludes halogenated alkanes) is 1. The predicted molar refractivity (Wildman–Crippen MR) is 158 cm³/mol. The number of halogens is 2. The number of hydrogen-bond donors (Lipinski definition) is 2. The number of oxime groups is 1. The molecule has 3 aromatic carbocycles. The smallest absolute Gasteiger partial charge is 0.303 e. The van der Waals surface area contributed by atoms with E-state index in [1.165, 1.54) is 0 Å². The van der Waals surface area contributed by atoms with Crippen LogP contribution in [0.25, 0.3) is 27.6 Å². The number of H-pyrrole nitrogens is 1. The van der Waals surface area contributed by atoms with Gasteiger partial charge in [-0.15, -0.1) is 0 Å². The van der Waals surface area contributed by atoms with Gasteiger partial charge in [0.2, 0.25) is 0 Å². The first-order chi connectivity index (χ1) is 19.7. The molecule has 0 unspecified atom stereocenters. The van der Waals surface area contributed by atoms with Crippen molar-refractivity contribution in [2.75, 3.05) is 0 Å². The van der Waals surface area contributed by atoms with Gasteiger partial charge in [-0.3, -0.25) is 14.2 Å². The predicted octanol–water partition coefficient (Wildman–Crippen LogP) is 6.41. The molecule has 0 saturated heterocycles. The van der Waals surface area contributed by atoms with Crippen LogP contribution in [0.2, 0.25) is 10.0 Å². The number of benzene rings is 3. The second kappa shape index (κ2) is 10.6. The molecule has 0 amide bonds. The molecule has 0 bridgehead atoms. The van der Waals surface area contributed by atoms with E-state index in [0.717, 1.165) is 16.6 Å². The number of aromatic amines is 1. The first-order valence-corrected chi connectivity index (χ1v) is 13.9. The Hall–Kier alpha value is -4.21. The van der Waals surface area contributed by atoms with E-state index in [1.54, 1.807) is 41.0 Å². The van der Waals surface area contributed by atoms with Crippen LogP contribution in [0.5, 0.6) is 0 Å². The number of carboxylic acid groups (broad SMARTS) is 1. The maximum atomic E-state index is 13.7. The second-order valence-corrected chi connectivity index (χ2v) is 11.1. The summed E-state index contributed by atoms with van der Waals surface area (Å²) in [4.78, 5) is 43.5. The second-order valence-electron chi connectivity index (χ2n) is 10.3. The van der Waals surface area contributed by atoms with Crippen molar-refractivity contribution in [3.8, 4) is 5.69 Å². The summed E-state index contributed by atoms with van der Waals surface area (Å²) in [6, 6.07) is 17.9. The van der Waals surface area contributed by atoms with Gasteiger partial charge >= 0.3 is 5.97 Å². The van der Waals surface area contributed by atoms with Gasteiger partial charge in [0.1, 0.15) is 5.82 Å². The van der Waals surface area contributed by atoms with Crippen LogP contribution in [0.4, 0.5) is 0 Å². The van der Waals surface area contributed by atoms with Crippen molar-refractivity contribution >= 4 is 56.8 Å². The highest BCUT2D eigenvalue weighted by molar-refractivity contribution is 6.31.